The van der Waals surface area contributed by atoms with Crippen molar-refractivity contribution in [1.82, 2.24) is 35.4 Å². The van der Waals surface area contributed by atoms with Gasteiger partial charge in [0.2, 0.25) is 5.89 Å². The second kappa shape index (κ2) is 6.97. The topological polar surface area (TPSA) is 84.9 Å². The molecule has 2 aromatic heterocycles. The molecule has 1 atom stereocenters. The van der Waals surface area contributed by atoms with Crippen LogP contribution >= 0.6 is 0 Å². The number of nitrogens with one attached hydrogen (secondary N) is 1. The Morgan fingerprint density at radius 1 is 1.23 bits per heavy atom. The Balaban J connectivity index is 1.52. The molecule has 26 heavy (non-hydrogen) atoms. The van der Waals surface area contributed by atoms with Gasteiger partial charge >= 0.3 is 0 Å². The van der Waals surface area contributed by atoms with E-state index in [-0.39, 0.29) is 6.04 Å². The van der Waals surface area contributed by atoms with Gasteiger partial charge < -0.3 is 9.84 Å². The summed E-state index contributed by atoms with van der Waals surface area (Å²) < 4.78 is 7.30. The van der Waals surface area contributed by atoms with Gasteiger partial charge in [0.1, 0.15) is 0 Å². The average Bonchev–Trinajstić information content (AvgIpc) is 3.24. The summed E-state index contributed by atoms with van der Waals surface area (Å²) in [5.41, 5.74) is 4.03. The molecule has 1 unspecified atom stereocenters. The van der Waals surface area contributed by atoms with Crippen LogP contribution in [0.3, 0.4) is 0 Å². The quantitative estimate of drug-likeness (QED) is 0.759. The Hall–Kier alpha value is -2.58. The van der Waals surface area contributed by atoms with Crippen LogP contribution in [0.2, 0.25) is 0 Å². The minimum atomic E-state index is 0.144. The van der Waals surface area contributed by atoms with Crippen LogP contribution in [0.4, 0.5) is 0 Å². The third kappa shape index (κ3) is 3.25. The van der Waals surface area contributed by atoms with E-state index >= 15 is 0 Å². The molecule has 8 heteroatoms. The Kier molecular flexibility index (Phi) is 4.52. The summed E-state index contributed by atoms with van der Waals surface area (Å²) >= 11 is 0. The van der Waals surface area contributed by atoms with Gasteiger partial charge in [-0.3, -0.25) is 4.90 Å². The molecule has 0 bridgehead atoms. The minimum Gasteiger partial charge on any atom is -0.339 e. The first-order valence-corrected chi connectivity index (χ1v) is 8.83. The number of benzene rings is 1. The first kappa shape index (κ1) is 16.9. The maximum atomic E-state index is 5.46. The smallest absolute Gasteiger partial charge is 0.232 e. The molecular weight excluding hydrogens is 330 g/mol. The molecule has 1 saturated heterocycles. The van der Waals surface area contributed by atoms with E-state index in [0.29, 0.717) is 12.3 Å². The van der Waals surface area contributed by atoms with E-state index in [1.54, 1.807) is 0 Å². The van der Waals surface area contributed by atoms with Crippen molar-refractivity contribution in [3.05, 3.63) is 52.9 Å². The van der Waals surface area contributed by atoms with Crippen LogP contribution in [0.5, 0.6) is 0 Å². The third-order valence-electron chi connectivity index (χ3n) is 4.88. The maximum absolute atomic E-state index is 5.46. The number of nitrogens with zero attached hydrogens (tertiary/aromatic N) is 6. The van der Waals surface area contributed by atoms with E-state index in [0.717, 1.165) is 42.5 Å². The van der Waals surface area contributed by atoms with Gasteiger partial charge in [-0.2, -0.15) is 4.98 Å². The van der Waals surface area contributed by atoms with E-state index in [4.69, 9.17) is 4.52 Å². The monoisotopic (exact) mass is 353 g/mol. The highest BCUT2D eigenvalue weighted by atomic mass is 16.5. The summed E-state index contributed by atoms with van der Waals surface area (Å²) in [4.78, 5) is 6.82. The van der Waals surface area contributed by atoms with Crippen molar-refractivity contribution >= 4 is 0 Å². The van der Waals surface area contributed by atoms with Gasteiger partial charge in [0.25, 0.3) is 0 Å². The van der Waals surface area contributed by atoms with E-state index in [2.05, 4.69) is 56.8 Å². The fourth-order valence-electron chi connectivity index (χ4n) is 3.17. The first-order chi connectivity index (χ1) is 12.6. The molecule has 4 rings (SSSR count). The fourth-order valence-corrected chi connectivity index (χ4v) is 3.17. The molecule has 1 aliphatic heterocycles. The number of piperazine rings is 1. The number of aryl methyl sites for hydroxylation is 1. The van der Waals surface area contributed by atoms with Crippen molar-refractivity contribution in [2.75, 3.05) is 26.7 Å². The molecule has 0 aliphatic carbocycles. The minimum absolute atomic E-state index is 0.144. The van der Waals surface area contributed by atoms with Crippen LogP contribution in [0.1, 0.15) is 34.7 Å². The van der Waals surface area contributed by atoms with Gasteiger partial charge in [-0.05, 0) is 33.0 Å². The number of hydrogen-bond acceptors (Lipinski definition) is 7. The first-order valence-electron chi connectivity index (χ1n) is 8.83. The van der Waals surface area contributed by atoms with E-state index in [1.165, 1.54) is 5.56 Å². The van der Waals surface area contributed by atoms with Crippen molar-refractivity contribution < 1.29 is 4.52 Å². The van der Waals surface area contributed by atoms with Gasteiger partial charge in [-0.15, -0.1) is 5.10 Å². The van der Waals surface area contributed by atoms with Gasteiger partial charge in [0.15, 0.2) is 5.82 Å². The molecule has 1 aliphatic rings. The van der Waals surface area contributed by atoms with Crippen molar-refractivity contribution in [2.45, 2.75) is 26.3 Å². The summed E-state index contributed by atoms with van der Waals surface area (Å²) in [6.07, 6.45) is 0.481. The van der Waals surface area contributed by atoms with Gasteiger partial charge in [0, 0.05) is 19.6 Å². The van der Waals surface area contributed by atoms with Crippen molar-refractivity contribution in [3.63, 3.8) is 0 Å². The van der Waals surface area contributed by atoms with Crippen molar-refractivity contribution in [1.29, 1.82) is 0 Å². The lowest BCUT2D eigenvalue weighted by atomic mass is 10.2. The molecule has 8 nitrogen and oxygen atoms in total. The van der Waals surface area contributed by atoms with Crippen molar-refractivity contribution in [2.24, 2.45) is 0 Å². The van der Waals surface area contributed by atoms with Crippen LogP contribution in [0.15, 0.2) is 28.8 Å². The van der Waals surface area contributed by atoms with Gasteiger partial charge in [-0.25, -0.2) is 4.68 Å². The predicted octanol–water partition coefficient (Wildman–Crippen LogP) is 1.43. The highest BCUT2D eigenvalue weighted by Gasteiger charge is 2.25. The molecule has 3 heterocycles. The van der Waals surface area contributed by atoms with Crippen LogP contribution in [0.25, 0.3) is 5.69 Å². The molecule has 0 spiro atoms. The molecule has 1 aromatic carbocycles. The lowest BCUT2D eigenvalue weighted by Gasteiger charge is -2.30. The lowest BCUT2D eigenvalue weighted by molar-refractivity contribution is 0.190. The summed E-state index contributed by atoms with van der Waals surface area (Å²) in [5, 5.41) is 16.1. The second-order valence-corrected chi connectivity index (χ2v) is 6.79. The maximum Gasteiger partial charge on any atom is 0.232 e. The highest BCUT2D eigenvalue weighted by Crippen LogP contribution is 2.19. The Bertz CT molecular complexity index is 883. The average molecular weight is 353 g/mol. The number of rotatable bonds is 4. The molecule has 0 saturated carbocycles. The second-order valence-electron chi connectivity index (χ2n) is 6.79. The van der Waals surface area contributed by atoms with E-state index in [1.807, 2.05) is 23.7 Å². The zero-order valence-electron chi connectivity index (χ0n) is 15.3. The Morgan fingerprint density at radius 2 is 2.04 bits per heavy atom. The molecule has 136 valence electrons. The van der Waals surface area contributed by atoms with E-state index in [9.17, 15) is 0 Å². The largest absolute Gasteiger partial charge is 0.339 e. The molecular formula is C18H23N7O. The number of hydrogen-bond donors (Lipinski definition) is 1. The number of likely N-dealkylation sites (N-methyl/N-ethyl adjacent to an activating group) is 1. The van der Waals surface area contributed by atoms with Crippen LogP contribution in [-0.2, 0) is 6.42 Å². The highest BCUT2D eigenvalue weighted by molar-refractivity contribution is 5.35. The van der Waals surface area contributed by atoms with Crippen LogP contribution in [-0.4, -0.2) is 56.7 Å². The summed E-state index contributed by atoms with van der Waals surface area (Å²) in [6, 6.07) is 8.35. The number of aromatic nitrogens is 5. The Labute approximate surface area is 152 Å². The van der Waals surface area contributed by atoms with E-state index < -0.39 is 0 Å². The summed E-state index contributed by atoms with van der Waals surface area (Å²) in [6.45, 7) is 6.86. The standard InChI is InChI=1S/C18H23N7O/c1-12-4-6-14(7-5-12)25-13(2)15(21-23-25)10-17-20-18(22-26-17)16-11-19-8-9-24(16)3/h4-7,16,19H,8-11H2,1-3H3. The fraction of sp³-hybridized carbons (Fsp3) is 0.444. The van der Waals surface area contributed by atoms with Gasteiger partial charge in [-0.1, -0.05) is 28.1 Å². The normalized spacial score (nSPS) is 18.3. The SMILES string of the molecule is Cc1ccc(-n2nnc(Cc3nc(C4CNCCN4C)no3)c2C)cc1. The molecule has 1 fully saturated rings. The predicted molar refractivity (Wildman–Crippen MR) is 96.2 cm³/mol. The third-order valence-corrected chi connectivity index (χ3v) is 4.88. The molecule has 3 aromatic rings. The molecule has 1 N–H and O–H groups in total. The summed E-state index contributed by atoms with van der Waals surface area (Å²) in [5.74, 6) is 1.29. The Morgan fingerprint density at radius 3 is 2.81 bits per heavy atom. The van der Waals surface area contributed by atoms with Crippen LogP contribution in [0, 0.1) is 13.8 Å². The summed E-state index contributed by atoms with van der Waals surface area (Å²) in [7, 11) is 2.08. The lowest BCUT2D eigenvalue weighted by Crippen LogP contribution is -2.44. The zero-order valence-corrected chi connectivity index (χ0v) is 15.3. The zero-order chi connectivity index (χ0) is 18.1. The van der Waals surface area contributed by atoms with Crippen LogP contribution < -0.4 is 5.32 Å². The molecule has 0 amide bonds. The van der Waals surface area contributed by atoms with Gasteiger partial charge in [0.05, 0.1) is 29.5 Å². The molecule has 0 radical (unpaired) electrons. The van der Waals surface area contributed by atoms with Crippen molar-refractivity contribution in [3.8, 4) is 5.69 Å².